The topological polar surface area (TPSA) is 119 Å². The van der Waals surface area contributed by atoms with Crippen LogP contribution in [0.25, 0.3) is 33.6 Å². The van der Waals surface area contributed by atoms with Gasteiger partial charge in [-0.25, -0.2) is 20.2 Å². The molecule has 0 unspecified atom stereocenters. The van der Waals surface area contributed by atoms with Crippen molar-refractivity contribution in [1.82, 2.24) is 25.8 Å². The monoisotopic (exact) mass is 431 g/mol. The summed E-state index contributed by atoms with van der Waals surface area (Å²) in [6.07, 6.45) is 5.49. The molecule has 0 aliphatic heterocycles. The molecule has 4 aromatic rings. The second kappa shape index (κ2) is 8.46. The number of hydrogen-bond donors (Lipinski definition) is 2. The number of carbonyl (C=O) groups is 2. The third-order valence-electron chi connectivity index (χ3n) is 4.39. The molecule has 9 nitrogen and oxygen atoms in total. The zero-order valence-corrected chi connectivity index (χ0v) is 17.7. The second-order valence-corrected chi connectivity index (χ2v) is 7.94. The molecule has 2 N–H and O–H groups in total. The van der Waals surface area contributed by atoms with E-state index in [1.165, 1.54) is 6.26 Å². The molecule has 1 aromatic carbocycles. The van der Waals surface area contributed by atoms with Gasteiger partial charge in [-0.3, -0.25) is 15.2 Å². The highest BCUT2D eigenvalue weighted by atomic mass is 16.6. The summed E-state index contributed by atoms with van der Waals surface area (Å²) in [6.45, 7) is 5.20. The predicted molar refractivity (Wildman–Crippen MR) is 117 cm³/mol. The van der Waals surface area contributed by atoms with Crippen LogP contribution in [0.4, 0.5) is 4.79 Å². The maximum Gasteiger partial charge on any atom is 0.426 e. The van der Waals surface area contributed by atoms with Crippen molar-refractivity contribution < 1.29 is 18.7 Å². The number of aromatic nitrogens is 3. The Labute approximate surface area is 183 Å². The molecule has 0 aliphatic rings. The van der Waals surface area contributed by atoms with Crippen molar-refractivity contribution in [2.24, 2.45) is 0 Å². The lowest BCUT2D eigenvalue weighted by atomic mass is 10.0. The number of amides is 2. The minimum atomic E-state index is -0.760. The number of rotatable bonds is 3. The van der Waals surface area contributed by atoms with E-state index in [9.17, 15) is 9.59 Å². The van der Waals surface area contributed by atoms with E-state index in [1.807, 2.05) is 24.3 Å². The molecule has 32 heavy (non-hydrogen) atoms. The number of ether oxygens (including phenoxy) is 1. The summed E-state index contributed by atoms with van der Waals surface area (Å²) in [6, 6.07) is 10.8. The van der Waals surface area contributed by atoms with Crippen LogP contribution >= 0.6 is 0 Å². The number of nitrogens with zero attached hydrogens (tertiary/aromatic N) is 3. The van der Waals surface area contributed by atoms with E-state index in [1.54, 1.807) is 51.5 Å². The Morgan fingerprint density at radius 3 is 2.44 bits per heavy atom. The molecular formula is C23H21N5O4. The van der Waals surface area contributed by atoms with E-state index in [4.69, 9.17) is 9.15 Å². The van der Waals surface area contributed by atoms with Crippen LogP contribution in [-0.2, 0) is 4.74 Å². The fourth-order valence-electron chi connectivity index (χ4n) is 3.03. The summed E-state index contributed by atoms with van der Waals surface area (Å²) >= 11 is 0. The van der Waals surface area contributed by atoms with Crippen LogP contribution in [0.3, 0.4) is 0 Å². The average Bonchev–Trinajstić information content (AvgIpc) is 3.30. The Bertz CT molecular complexity index is 1260. The molecule has 0 fully saturated rings. The smallest absolute Gasteiger partial charge is 0.426 e. The molecule has 3 heterocycles. The molecule has 0 atom stereocenters. The third kappa shape index (κ3) is 4.72. The number of nitrogens with one attached hydrogen (secondary N) is 2. The molecule has 4 rings (SSSR count). The van der Waals surface area contributed by atoms with Crippen molar-refractivity contribution in [1.29, 1.82) is 0 Å². The first-order chi connectivity index (χ1) is 15.3. The van der Waals surface area contributed by atoms with Gasteiger partial charge < -0.3 is 9.15 Å². The Balaban J connectivity index is 1.63. The number of fused-ring (bicyclic) bond motifs is 1. The highest BCUT2D eigenvalue weighted by Crippen LogP contribution is 2.26. The normalized spacial score (nSPS) is 11.2. The lowest BCUT2D eigenvalue weighted by Gasteiger charge is -2.19. The van der Waals surface area contributed by atoms with E-state index in [2.05, 4.69) is 25.8 Å². The highest BCUT2D eigenvalue weighted by molar-refractivity contribution is 6.07. The minimum Gasteiger partial charge on any atom is -0.445 e. The van der Waals surface area contributed by atoms with E-state index in [0.717, 1.165) is 11.1 Å². The van der Waals surface area contributed by atoms with Gasteiger partial charge in [0.15, 0.2) is 0 Å². The van der Waals surface area contributed by atoms with Gasteiger partial charge in [-0.2, -0.15) is 0 Å². The summed E-state index contributed by atoms with van der Waals surface area (Å²) in [7, 11) is 0. The molecule has 0 saturated heterocycles. The molecule has 0 saturated carbocycles. The number of oxazole rings is 1. The van der Waals surface area contributed by atoms with Gasteiger partial charge in [0.25, 0.3) is 5.91 Å². The summed E-state index contributed by atoms with van der Waals surface area (Å²) in [5.41, 5.74) is 7.07. The molecule has 3 aromatic heterocycles. The van der Waals surface area contributed by atoms with Gasteiger partial charge in [0, 0.05) is 28.9 Å². The van der Waals surface area contributed by atoms with E-state index >= 15 is 0 Å². The van der Waals surface area contributed by atoms with Crippen LogP contribution in [0, 0.1) is 0 Å². The zero-order valence-electron chi connectivity index (χ0n) is 17.7. The quantitative estimate of drug-likeness (QED) is 0.468. The van der Waals surface area contributed by atoms with Crippen molar-refractivity contribution in [2.75, 3.05) is 0 Å². The van der Waals surface area contributed by atoms with E-state index in [-0.39, 0.29) is 0 Å². The lowest BCUT2D eigenvalue weighted by molar-refractivity contribution is 0.0483. The first-order valence-corrected chi connectivity index (χ1v) is 9.84. The Kier molecular flexibility index (Phi) is 5.55. The van der Waals surface area contributed by atoms with Crippen LogP contribution in [0.2, 0.25) is 0 Å². The largest absolute Gasteiger partial charge is 0.445 e. The number of benzene rings is 1. The lowest BCUT2D eigenvalue weighted by Crippen LogP contribution is -2.44. The van der Waals surface area contributed by atoms with Gasteiger partial charge in [-0.05, 0) is 45.0 Å². The standard InChI is InChI=1S/C23H21N5O4/c1-23(2,3)32-22(30)28-27-20(29)16-12-19(26-18-8-9-24-13-17(16)18)14-4-6-15(7-5-14)21-25-10-11-31-21/h4-13H,1-3H3,(H,27,29)(H,28,30). The van der Waals surface area contributed by atoms with E-state index in [0.29, 0.717) is 28.1 Å². The molecule has 0 radical (unpaired) electrons. The molecule has 9 heteroatoms. The Morgan fingerprint density at radius 1 is 1.00 bits per heavy atom. The maximum absolute atomic E-state index is 12.9. The van der Waals surface area contributed by atoms with Crippen LogP contribution in [0.15, 0.2) is 65.7 Å². The molecule has 0 aliphatic carbocycles. The van der Waals surface area contributed by atoms with Crippen molar-refractivity contribution in [3.63, 3.8) is 0 Å². The highest BCUT2D eigenvalue weighted by Gasteiger charge is 2.18. The minimum absolute atomic E-state index is 0.311. The number of pyridine rings is 2. The van der Waals surface area contributed by atoms with E-state index < -0.39 is 17.6 Å². The first kappa shape index (κ1) is 21.0. The number of hydrogen-bond acceptors (Lipinski definition) is 7. The fourth-order valence-corrected chi connectivity index (χ4v) is 3.03. The van der Waals surface area contributed by atoms with Gasteiger partial charge in [0.05, 0.1) is 23.0 Å². The number of carbonyl (C=O) groups excluding carboxylic acids is 2. The molecular weight excluding hydrogens is 410 g/mol. The SMILES string of the molecule is CC(C)(C)OC(=O)NNC(=O)c1cc(-c2ccc(-c3ncco3)cc2)nc2ccncc12. The number of hydrazine groups is 1. The van der Waals surface area contributed by atoms with Gasteiger partial charge in [0.1, 0.15) is 11.9 Å². The zero-order chi connectivity index (χ0) is 22.7. The maximum atomic E-state index is 12.9. The summed E-state index contributed by atoms with van der Waals surface area (Å²) in [5.74, 6) is -0.00343. The Morgan fingerprint density at radius 2 is 1.75 bits per heavy atom. The fraction of sp³-hybridized carbons (Fsp3) is 0.174. The Hall–Kier alpha value is -4.27. The summed E-state index contributed by atoms with van der Waals surface area (Å²) in [4.78, 5) is 37.6. The first-order valence-electron chi connectivity index (χ1n) is 9.84. The second-order valence-electron chi connectivity index (χ2n) is 7.94. The van der Waals surface area contributed by atoms with Crippen molar-refractivity contribution in [3.8, 4) is 22.7 Å². The summed E-state index contributed by atoms with van der Waals surface area (Å²) < 4.78 is 10.5. The van der Waals surface area contributed by atoms with Crippen molar-refractivity contribution >= 4 is 22.9 Å². The molecule has 0 spiro atoms. The average molecular weight is 431 g/mol. The van der Waals surface area contributed by atoms with Gasteiger partial charge in [-0.15, -0.1) is 0 Å². The summed E-state index contributed by atoms with van der Waals surface area (Å²) in [5, 5.41) is 0.552. The predicted octanol–water partition coefficient (Wildman–Crippen LogP) is 4.12. The van der Waals surface area contributed by atoms with Crippen molar-refractivity contribution in [3.05, 3.63) is 66.8 Å². The van der Waals surface area contributed by atoms with Crippen LogP contribution in [-0.4, -0.2) is 32.6 Å². The van der Waals surface area contributed by atoms with Crippen LogP contribution in [0.5, 0.6) is 0 Å². The van der Waals surface area contributed by atoms with Gasteiger partial charge in [0.2, 0.25) is 5.89 Å². The van der Waals surface area contributed by atoms with Gasteiger partial charge >= 0.3 is 6.09 Å². The molecule has 0 bridgehead atoms. The van der Waals surface area contributed by atoms with Crippen LogP contribution in [0.1, 0.15) is 31.1 Å². The molecule has 2 amide bonds. The third-order valence-corrected chi connectivity index (χ3v) is 4.39. The van der Waals surface area contributed by atoms with Crippen LogP contribution < -0.4 is 10.9 Å². The molecule has 162 valence electrons. The van der Waals surface area contributed by atoms with Gasteiger partial charge in [-0.1, -0.05) is 12.1 Å². The van der Waals surface area contributed by atoms with Crippen molar-refractivity contribution in [2.45, 2.75) is 26.4 Å².